The van der Waals surface area contributed by atoms with Crippen molar-refractivity contribution < 1.29 is 19.1 Å². The Labute approximate surface area is 212 Å². The maximum atomic E-state index is 14.0. The highest BCUT2D eigenvalue weighted by Crippen LogP contribution is 2.27. The minimum atomic E-state index is -0.827. The topological polar surface area (TPSA) is 87.7 Å². The van der Waals surface area contributed by atoms with Crippen LogP contribution >= 0.6 is 0 Å². The van der Waals surface area contributed by atoms with Crippen molar-refractivity contribution in [2.75, 3.05) is 6.54 Å². The van der Waals surface area contributed by atoms with Crippen molar-refractivity contribution in [3.05, 3.63) is 34.9 Å². The summed E-state index contributed by atoms with van der Waals surface area (Å²) in [5, 5.41) is 5.77. The molecule has 0 radical (unpaired) electrons. The van der Waals surface area contributed by atoms with Crippen molar-refractivity contribution in [3.8, 4) is 0 Å². The monoisotopic (exact) mass is 489 g/mol. The molecule has 2 N–H and O–H groups in total. The number of unbranched alkanes of at least 4 members (excludes halogenated alkanes) is 2. The van der Waals surface area contributed by atoms with Crippen molar-refractivity contribution in [2.24, 2.45) is 5.92 Å². The van der Waals surface area contributed by atoms with Gasteiger partial charge in [-0.05, 0) is 66.4 Å². The molecule has 1 aromatic carbocycles. The van der Waals surface area contributed by atoms with Gasteiger partial charge in [-0.15, -0.1) is 0 Å². The van der Waals surface area contributed by atoms with Gasteiger partial charge in [0, 0.05) is 12.6 Å². The summed E-state index contributed by atoms with van der Waals surface area (Å²) >= 11 is 0. The summed E-state index contributed by atoms with van der Waals surface area (Å²) in [4.78, 5) is 41.8. The second kappa shape index (κ2) is 13.5. The van der Waals surface area contributed by atoms with Gasteiger partial charge in [0.1, 0.15) is 17.7 Å². The van der Waals surface area contributed by atoms with Gasteiger partial charge in [-0.25, -0.2) is 4.79 Å². The number of rotatable bonds is 11. The average Bonchev–Trinajstić information content (AvgIpc) is 2.68. The Balaban J connectivity index is 3.51. The minimum Gasteiger partial charge on any atom is -0.444 e. The number of carbonyl (C=O) groups excluding carboxylic acids is 3. The maximum Gasteiger partial charge on any atom is 0.408 e. The summed E-state index contributed by atoms with van der Waals surface area (Å²) in [5.74, 6) is -0.712. The fourth-order valence-electron chi connectivity index (χ4n) is 4.03. The van der Waals surface area contributed by atoms with Crippen LogP contribution in [0.5, 0.6) is 0 Å². The minimum absolute atomic E-state index is 0.0794. The molecule has 3 amide bonds. The quantitative estimate of drug-likeness (QED) is 0.405. The molecule has 2 unspecified atom stereocenters. The fraction of sp³-hybridized carbons (Fsp3) is 0.679. The van der Waals surface area contributed by atoms with Gasteiger partial charge >= 0.3 is 6.09 Å². The molecule has 0 saturated heterocycles. The highest BCUT2D eigenvalue weighted by molar-refractivity contribution is 5.92. The van der Waals surface area contributed by atoms with Crippen LogP contribution in [0.25, 0.3) is 0 Å². The van der Waals surface area contributed by atoms with Crippen molar-refractivity contribution >= 4 is 17.9 Å². The highest BCUT2D eigenvalue weighted by atomic mass is 16.6. The van der Waals surface area contributed by atoms with Crippen molar-refractivity contribution in [1.29, 1.82) is 0 Å². The molecular formula is C28H47N3O4. The van der Waals surface area contributed by atoms with Gasteiger partial charge in [0.05, 0.1) is 0 Å². The van der Waals surface area contributed by atoms with Crippen LogP contribution in [0.2, 0.25) is 0 Å². The van der Waals surface area contributed by atoms with E-state index in [0.29, 0.717) is 6.54 Å². The maximum absolute atomic E-state index is 14.0. The van der Waals surface area contributed by atoms with E-state index in [4.69, 9.17) is 4.74 Å². The number of hydrogen-bond donors (Lipinski definition) is 2. The number of carbonyl (C=O) groups is 3. The van der Waals surface area contributed by atoms with Crippen LogP contribution in [0.1, 0.15) is 97.4 Å². The molecule has 1 aromatic rings. The number of nitrogens with zero attached hydrogens (tertiary/aromatic N) is 1. The molecular weight excluding hydrogens is 442 g/mol. The molecule has 7 nitrogen and oxygen atoms in total. The van der Waals surface area contributed by atoms with E-state index in [9.17, 15) is 14.4 Å². The van der Waals surface area contributed by atoms with Gasteiger partial charge in [0.15, 0.2) is 0 Å². The molecule has 0 aliphatic heterocycles. The van der Waals surface area contributed by atoms with Crippen LogP contribution in [0, 0.1) is 19.8 Å². The molecule has 0 saturated carbocycles. The molecule has 0 bridgehead atoms. The lowest BCUT2D eigenvalue weighted by atomic mass is 9.96. The highest BCUT2D eigenvalue weighted by Gasteiger charge is 2.37. The zero-order valence-corrected chi connectivity index (χ0v) is 23.5. The van der Waals surface area contributed by atoms with Crippen molar-refractivity contribution in [1.82, 2.24) is 15.5 Å². The Morgan fingerprint density at radius 1 is 0.943 bits per heavy atom. The van der Waals surface area contributed by atoms with E-state index in [2.05, 4.69) is 17.6 Å². The summed E-state index contributed by atoms with van der Waals surface area (Å²) in [6.45, 7) is 19.4. The normalized spacial score (nSPS) is 13.4. The molecule has 0 aliphatic rings. The van der Waals surface area contributed by atoms with E-state index in [1.54, 1.807) is 25.7 Å². The van der Waals surface area contributed by atoms with E-state index in [0.717, 1.165) is 36.0 Å². The van der Waals surface area contributed by atoms with E-state index in [1.165, 1.54) is 0 Å². The molecule has 7 heteroatoms. The van der Waals surface area contributed by atoms with Crippen LogP contribution in [-0.2, 0) is 14.3 Å². The zero-order chi connectivity index (χ0) is 26.9. The van der Waals surface area contributed by atoms with Gasteiger partial charge in [-0.2, -0.15) is 0 Å². The number of aryl methyl sites for hydroxylation is 2. The summed E-state index contributed by atoms with van der Waals surface area (Å²) in [7, 11) is 0. The third kappa shape index (κ3) is 10.3. The predicted octanol–water partition coefficient (Wildman–Crippen LogP) is 5.44. The second-order valence-electron chi connectivity index (χ2n) is 11.1. The number of benzene rings is 1. The van der Waals surface area contributed by atoms with Crippen LogP contribution in [-0.4, -0.2) is 47.0 Å². The smallest absolute Gasteiger partial charge is 0.408 e. The summed E-state index contributed by atoms with van der Waals surface area (Å²) < 4.78 is 5.42. The van der Waals surface area contributed by atoms with Crippen LogP contribution in [0.4, 0.5) is 4.79 Å². The third-order valence-electron chi connectivity index (χ3n) is 5.44. The first-order chi connectivity index (χ1) is 16.2. The lowest BCUT2D eigenvalue weighted by Crippen LogP contribution is -2.55. The van der Waals surface area contributed by atoms with E-state index >= 15 is 0 Å². The summed E-state index contributed by atoms with van der Waals surface area (Å²) in [6, 6.07) is 4.26. The van der Waals surface area contributed by atoms with E-state index < -0.39 is 23.8 Å². The molecule has 0 heterocycles. The summed E-state index contributed by atoms with van der Waals surface area (Å²) in [5.41, 5.74) is 2.13. The van der Waals surface area contributed by atoms with Gasteiger partial charge in [0.2, 0.25) is 11.8 Å². The average molecular weight is 490 g/mol. The molecule has 35 heavy (non-hydrogen) atoms. The largest absolute Gasteiger partial charge is 0.444 e. The second-order valence-corrected chi connectivity index (χ2v) is 11.1. The number of nitrogens with one attached hydrogen (secondary N) is 2. The van der Waals surface area contributed by atoms with E-state index in [-0.39, 0.29) is 23.8 Å². The van der Waals surface area contributed by atoms with Gasteiger partial charge in [0.25, 0.3) is 0 Å². The Morgan fingerprint density at radius 2 is 1.51 bits per heavy atom. The van der Waals surface area contributed by atoms with Crippen molar-refractivity contribution in [2.45, 2.75) is 112 Å². The van der Waals surface area contributed by atoms with Crippen LogP contribution in [0.3, 0.4) is 0 Å². The zero-order valence-electron chi connectivity index (χ0n) is 23.5. The Hall–Kier alpha value is -2.57. The first-order valence-corrected chi connectivity index (χ1v) is 12.8. The predicted molar refractivity (Wildman–Crippen MR) is 141 cm³/mol. The standard InChI is InChI=1S/C28H47N3O4/c1-11-12-13-14-31(26(33)23(18(2)3)30-27(34)35-28(8,9)10)24(25(32)29-19(4)5)22-16-20(6)15-21(7)17-22/h15-19,23-24H,11-14H2,1-10H3,(H,29,32)(H,30,34). The first kappa shape index (κ1) is 30.5. The lowest BCUT2D eigenvalue weighted by molar-refractivity contribution is -0.143. The molecule has 0 aliphatic carbocycles. The van der Waals surface area contributed by atoms with Crippen LogP contribution < -0.4 is 10.6 Å². The van der Waals surface area contributed by atoms with E-state index in [1.807, 2.05) is 59.7 Å². The molecule has 1 rings (SSSR count). The lowest BCUT2D eigenvalue weighted by Gasteiger charge is -2.36. The van der Waals surface area contributed by atoms with Gasteiger partial charge in [-0.3, -0.25) is 9.59 Å². The molecule has 0 aromatic heterocycles. The number of hydrogen-bond acceptors (Lipinski definition) is 4. The first-order valence-electron chi connectivity index (χ1n) is 12.8. The molecule has 198 valence electrons. The molecule has 0 spiro atoms. The van der Waals surface area contributed by atoms with Gasteiger partial charge < -0.3 is 20.3 Å². The van der Waals surface area contributed by atoms with Crippen molar-refractivity contribution in [3.63, 3.8) is 0 Å². The number of amides is 3. The SMILES string of the molecule is CCCCCN(C(=O)C(NC(=O)OC(C)(C)C)C(C)C)C(C(=O)NC(C)C)c1cc(C)cc(C)c1. The Morgan fingerprint density at radius 3 is 1.97 bits per heavy atom. The number of alkyl carbamates (subject to hydrolysis) is 1. The van der Waals surface area contributed by atoms with Crippen LogP contribution in [0.15, 0.2) is 18.2 Å². The molecule has 0 fully saturated rings. The Bertz CT molecular complexity index is 838. The fourth-order valence-corrected chi connectivity index (χ4v) is 4.03. The van der Waals surface area contributed by atoms with Gasteiger partial charge in [-0.1, -0.05) is 62.9 Å². The Kier molecular flexibility index (Phi) is 11.7. The third-order valence-corrected chi connectivity index (χ3v) is 5.44. The summed E-state index contributed by atoms with van der Waals surface area (Å²) in [6.07, 6.45) is 2.03. The molecule has 2 atom stereocenters. The number of ether oxygens (including phenoxy) is 1.